The predicted octanol–water partition coefficient (Wildman–Crippen LogP) is 2.53. The zero-order chi connectivity index (χ0) is 11.1. The molecule has 1 amide bonds. The second kappa shape index (κ2) is 3.51. The van der Waals surface area contributed by atoms with E-state index in [1.54, 1.807) is 7.11 Å². The lowest BCUT2D eigenvalue weighted by Crippen LogP contribution is -2.23. The summed E-state index contributed by atoms with van der Waals surface area (Å²) in [4.78, 5) is 11.6. The lowest BCUT2D eigenvalue weighted by atomic mass is 9.86. The van der Waals surface area contributed by atoms with Gasteiger partial charge >= 0.3 is 0 Å². The van der Waals surface area contributed by atoms with Gasteiger partial charge in [0.15, 0.2) is 0 Å². The number of carbonyl (C=O) groups excluding carboxylic acids is 1. The number of hydrogen-bond acceptors (Lipinski definition) is 2. The predicted molar refractivity (Wildman–Crippen MR) is 61.7 cm³/mol. The second-order valence-corrected chi connectivity index (χ2v) is 4.65. The van der Waals surface area contributed by atoms with Gasteiger partial charge in [-0.1, -0.05) is 0 Å². The van der Waals surface area contributed by atoms with Gasteiger partial charge < -0.3 is 10.1 Å². The molecule has 0 spiro atoms. The summed E-state index contributed by atoms with van der Waals surface area (Å²) in [7, 11) is 1.68. The molecule has 1 atom stereocenters. The minimum atomic E-state index is 0.148. The van der Waals surface area contributed by atoms with Crippen molar-refractivity contribution in [2.75, 3.05) is 12.4 Å². The molecule has 1 saturated carbocycles. The number of amides is 1. The lowest BCUT2D eigenvalue weighted by Gasteiger charge is -2.25. The van der Waals surface area contributed by atoms with Crippen molar-refractivity contribution in [1.82, 2.24) is 0 Å². The van der Waals surface area contributed by atoms with E-state index in [1.165, 1.54) is 18.4 Å². The Hall–Kier alpha value is -1.51. The number of ether oxygens (including phenoxy) is 1. The molecule has 1 aromatic rings. The van der Waals surface area contributed by atoms with Crippen LogP contribution in [0.1, 0.15) is 30.7 Å². The van der Waals surface area contributed by atoms with E-state index in [4.69, 9.17) is 4.74 Å². The first-order valence-electron chi connectivity index (χ1n) is 5.75. The van der Waals surface area contributed by atoms with Crippen LogP contribution >= 0.6 is 0 Å². The normalized spacial score (nSPS) is 23.6. The maximum atomic E-state index is 11.6. The molecule has 0 aromatic heterocycles. The number of rotatable bonds is 2. The van der Waals surface area contributed by atoms with Gasteiger partial charge in [0.25, 0.3) is 0 Å². The summed E-state index contributed by atoms with van der Waals surface area (Å²) in [6, 6.07) is 5.91. The average Bonchev–Trinajstić information content (AvgIpc) is 3.11. The molecule has 16 heavy (non-hydrogen) atoms. The molecule has 84 valence electrons. The second-order valence-electron chi connectivity index (χ2n) is 4.65. The maximum Gasteiger partial charge on any atom is 0.225 e. The zero-order valence-corrected chi connectivity index (χ0v) is 9.32. The summed E-state index contributed by atoms with van der Waals surface area (Å²) < 4.78 is 5.24. The van der Waals surface area contributed by atoms with E-state index >= 15 is 0 Å². The fraction of sp³-hybridized carbons (Fsp3) is 0.462. The fourth-order valence-corrected chi connectivity index (χ4v) is 2.52. The van der Waals surface area contributed by atoms with Crippen LogP contribution in [0, 0.1) is 5.92 Å². The van der Waals surface area contributed by atoms with Crippen molar-refractivity contribution < 1.29 is 9.53 Å². The number of anilines is 1. The van der Waals surface area contributed by atoms with Gasteiger partial charge in [-0.05, 0) is 48.4 Å². The van der Waals surface area contributed by atoms with Gasteiger partial charge in [-0.3, -0.25) is 4.79 Å². The highest BCUT2D eigenvalue weighted by Crippen LogP contribution is 2.48. The van der Waals surface area contributed by atoms with E-state index < -0.39 is 0 Å². The third-order valence-electron chi connectivity index (χ3n) is 3.53. The van der Waals surface area contributed by atoms with Gasteiger partial charge in [0.05, 0.1) is 7.11 Å². The molecule has 1 N–H and O–H groups in total. The molecular weight excluding hydrogens is 202 g/mol. The summed E-state index contributed by atoms with van der Waals surface area (Å²) in [5.41, 5.74) is 2.22. The van der Waals surface area contributed by atoms with Gasteiger partial charge in [-0.15, -0.1) is 0 Å². The molecule has 2 aliphatic rings. The Labute approximate surface area is 94.8 Å². The Balaban J connectivity index is 2.03. The summed E-state index contributed by atoms with van der Waals surface area (Å²) in [5, 5.41) is 2.93. The van der Waals surface area contributed by atoms with Gasteiger partial charge in [-0.2, -0.15) is 0 Å². The average molecular weight is 217 g/mol. The standard InChI is InChI=1S/C13H15NO2/c1-16-9-4-5-12-11(6-9)10(8-2-3-8)7-13(15)14-12/h4-6,8,10H,2-3,7H2,1H3,(H,14,15). The number of carbonyl (C=O) groups is 1. The maximum absolute atomic E-state index is 11.6. The van der Waals surface area contributed by atoms with Crippen LogP contribution < -0.4 is 10.1 Å². The Bertz CT molecular complexity index is 438. The highest BCUT2D eigenvalue weighted by Gasteiger charge is 2.37. The molecule has 0 bridgehead atoms. The minimum Gasteiger partial charge on any atom is -0.497 e. The van der Waals surface area contributed by atoms with Crippen molar-refractivity contribution in [1.29, 1.82) is 0 Å². The van der Waals surface area contributed by atoms with Gasteiger partial charge in [0.2, 0.25) is 5.91 Å². The third kappa shape index (κ3) is 1.56. The molecule has 1 fully saturated rings. The van der Waals surface area contributed by atoms with Crippen molar-refractivity contribution in [3.63, 3.8) is 0 Å². The highest BCUT2D eigenvalue weighted by molar-refractivity contribution is 5.95. The number of hydrogen-bond donors (Lipinski definition) is 1. The molecule has 3 rings (SSSR count). The first-order valence-corrected chi connectivity index (χ1v) is 5.75. The fourth-order valence-electron chi connectivity index (χ4n) is 2.52. The topological polar surface area (TPSA) is 38.3 Å². The van der Waals surface area contributed by atoms with E-state index in [0.717, 1.165) is 11.4 Å². The highest BCUT2D eigenvalue weighted by atomic mass is 16.5. The van der Waals surface area contributed by atoms with Crippen molar-refractivity contribution in [3.8, 4) is 5.75 Å². The van der Waals surface area contributed by atoms with Gasteiger partial charge in [0.1, 0.15) is 5.75 Å². The molecule has 1 aromatic carbocycles. The summed E-state index contributed by atoms with van der Waals surface area (Å²) >= 11 is 0. The largest absolute Gasteiger partial charge is 0.497 e. The van der Waals surface area contributed by atoms with Gasteiger partial charge in [-0.25, -0.2) is 0 Å². The van der Waals surface area contributed by atoms with Gasteiger partial charge in [0, 0.05) is 12.1 Å². The number of benzene rings is 1. The number of fused-ring (bicyclic) bond motifs is 1. The van der Waals surface area contributed by atoms with E-state index in [-0.39, 0.29) is 5.91 Å². The molecule has 1 aliphatic heterocycles. The van der Waals surface area contributed by atoms with Crippen LogP contribution in [-0.4, -0.2) is 13.0 Å². The number of methoxy groups -OCH3 is 1. The van der Waals surface area contributed by atoms with E-state index in [1.807, 2.05) is 12.1 Å². The Kier molecular flexibility index (Phi) is 2.13. The Morgan fingerprint density at radius 3 is 2.88 bits per heavy atom. The first-order chi connectivity index (χ1) is 7.78. The first kappa shape index (κ1) is 9.70. The smallest absolute Gasteiger partial charge is 0.225 e. The molecule has 0 radical (unpaired) electrons. The van der Waals surface area contributed by atoms with E-state index in [0.29, 0.717) is 18.3 Å². The summed E-state index contributed by atoms with van der Waals surface area (Å²) in [5.74, 6) is 2.13. The summed E-state index contributed by atoms with van der Waals surface area (Å²) in [6.45, 7) is 0. The monoisotopic (exact) mass is 217 g/mol. The molecule has 3 nitrogen and oxygen atoms in total. The molecule has 1 unspecified atom stereocenters. The van der Waals surface area contributed by atoms with Crippen LogP contribution in [0.2, 0.25) is 0 Å². The number of nitrogens with one attached hydrogen (secondary N) is 1. The molecule has 0 saturated heterocycles. The van der Waals surface area contributed by atoms with Crippen molar-refractivity contribution in [3.05, 3.63) is 23.8 Å². The van der Waals surface area contributed by atoms with Crippen molar-refractivity contribution in [2.24, 2.45) is 5.92 Å². The van der Waals surface area contributed by atoms with Crippen LogP contribution in [0.4, 0.5) is 5.69 Å². The SMILES string of the molecule is COc1ccc2c(c1)C(C1CC1)CC(=O)N2. The van der Waals surface area contributed by atoms with Crippen LogP contribution in [0.25, 0.3) is 0 Å². The zero-order valence-electron chi connectivity index (χ0n) is 9.32. The summed E-state index contributed by atoms with van der Waals surface area (Å²) in [6.07, 6.45) is 3.15. The minimum absolute atomic E-state index is 0.148. The van der Waals surface area contributed by atoms with E-state index in [2.05, 4.69) is 11.4 Å². The van der Waals surface area contributed by atoms with Crippen LogP contribution in [-0.2, 0) is 4.79 Å². The Morgan fingerprint density at radius 1 is 1.38 bits per heavy atom. The van der Waals surface area contributed by atoms with Crippen molar-refractivity contribution >= 4 is 11.6 Å². The molecule has 1 heterocycles. The van der Waals surface area contributed by atoms with Crippen molar-refractivity contribution in [2.45, 2.75) is 25.2 Å². The van der Waals surface area contributed by atoms with Crippen LogP contribution in [0.5, 0.6) is 5.75 Å². The van der Waals surface area contributed by atoms with Crippen LogP contribution in [0.3, 0.4) is 0 Å². The van der Waals surface area contributed by atoms with Crippen LogP contribution in [0.15, 0.2) is 18.2 Å². The molecular formula is C13H15NO2. The third-order valence-corrected chi connectivity index (χ3v) is 3.53. The quantitative estimate of drug-likeness (QED) is 0.826. The van der Waals surface area contributed by atoms with E-state index in [9.17, 15) is 4.79 Å². The lowest BCUT2D eigenvalue weighted by molar-refractivity contribution is -0.117. The molecule has 3 heteroatoms. The molecule has 1 aliphatic carbocycles. The Morgan fingerprint density at radius 2 is 2.19 bits per heavy atom.